The average Bonchev–Trinajstić information content (AvgIpc) is 2.46. The quantitative estimate of drug-likeness (QED) is 0.514. The first-order chi connectivity index (χ1) is 10.2. The zero-order valence-corrected chi connectivity index (χ0v) is 13.9. The summed E-state index contributed by atoms with van der Waals surface area (Å²) in [5.41, 5.74) is 2.44. The van der Waals surface area contributed by atoms with Gasteiger partial charge in [-0.15, -0.1) is 0 Å². The van der Waals surface area contributed by atoms with Gasteiger partial charge in [0.05, 0.1) is 6.61 Å². The van der Waals surface area contributed by atoms with Crippen molar-refractivity contribution in [3.05, 3.63) is 35.4 Å². The van der Waals surface area contributed by atoms with Crippen LogP contribution in [0.5, 0.6) is 11.5 Å². The summed E-state index contributed by atoms with van der Waals surface area (Å²) in [4.78, 5) is 0. The molecule has 118 valence electrons. The minimum Gasteiger partial charge on any atom is -0.493 e. The Labute approximate surface area is 129 Å². The summed E-state index contributed by atoms with van der Waals surface area (Å²) in [6.07, 6.45) is 4.22. The first kappa shape index (κ1) is 17.6. The van der Waals surface area contributed by atoms with Crippen LogP contribution in [0, 0.1) is 0 Å². The molecule has 0 aliphatic carbocycles. The molecule has 1 aromatic rings. The fourth-order valence-electron chi connectivity index (χ4n) is 1.82. The zero-order chi connectivity index (χ0) is 15.5. The molecule has 1 aromatic carbocycles. The molecule has 0 saturated carbocycles. The van der Waals surface area contributed by atoms with Crippen molar-refractivity contribution in [2.24, 2.45) is 0 Å². The van der Waals surface area contributed by atoms with E-state index in [0.29, 0.717) is 6.61 Å². The number of rotatable bonds is 10. The highest BCUT2D eigenvalue weighted by molar-refractivity contribution is 5.41. The van der Waals surface area contributed by atoms with Crippen LogP contribution in [-0.4, -0.2) is 19.8 Å². The Morgan fingerprint density at radius 3 is 2.62 bits per heavy atom. The van der Waals surface area contributed by atoms with Gasteiger partial charge in [-0.25, -0.2) is 0 Å². The van der Waals surface area contributed by atoms with Gasteiger partial charge >= 0.3 is 0 Å². The molecule has 0 fully saturated rings. The summed E-state index contributed by atoms with van der Waals surface area (Å²) in [6, 6.07) is 6.11. The lowest BCUT2D eigenvalue weighted by Crippen LogP contribution is -2.14. The maximum Gasteiger partial charge on any atom is 0.127 e. The van der Waals surface area contributed by atoms with Crippen molar-refractivity contribution < 1.29 is 9.47 Å². The van der Waals surface area contributed by atoms with E-state index in [0.717, 1.165) is 44.0 Å². The van der Waals surface area contributed by atoms with Gasteiger partial charge in [-0.2, -0.15) is 0 Å². The SMILES string of the molecule is CCCNCc1ccc(OCCC)cc1OCC=C(C)C. The molecular weight excluding hydrogens is 262 g/mol. The normalized spacial score (nSPS) is 10.3. The third-order valence-corrected chi connectivity index (χ3v) is 2.98. The predicted octanol–water partition coefficient (Wildman–Crippen LogP) is 4.32. The maximum absolute atomic E-state index is 5.90. The molecule has 0 unspecified atom stereocenters. The molecule has 0 atom stereocenters. The monoisotopic (exact) mass is 291 g/mol. The van der Waals surface area contributed by atoms with Gasteiger partial charge in [-0.1, -0.05) is 25.5 Å². The molecule has 3 heteroatoms. The van der Waals surface area contributed by atoms with Crippen LogP contribution in [0.1, 0.15) is 46.1 Å². The lowest BCUT2D eigenvalue weighted by atomic mass is 10.2. The summed E-state index contributed by atoms with van der Waals surface area (Å²) >= 11 is 0. The van der Waals surface area contributed by atoms with Gasteiger partial charge in [0.15, 0.2) is 0 Å². The molecule has 0 aliphatic rings. The summed E-state index contributed by atoms with van der Waals surface area (Å²) in [5, 5.41) is 3.42. The van der Waals surface area contributed by atoms with E-state index in [-0.39, 0.29) is 0 Å². The van der Waals surface area contributed by atoms with Gasteiger partial charge in [0.25, 0.3) is 0 Å². The van der Waals surface area contributed by atoms with E-state index in [1.54, 1.807) is 0 Å². The van der Waals surface area contributed by atoms with Gasteiger partial charge in [0, 0.05) is 18.2 Å². The third kappa shape index (κ3) is 7.19. The molecule has 0 spiro atoms. The lowest BCUT2D eigenvalue weighted by molar-refractivity contribution is 0.311. The number of benzene rings is 1. The molecular formula is C18H29NO2. The highest BCUT2D eigenvalue weighted by atomic mass is 16.5. The average molecular weight is 291 g/mol. The third-order valence-electron chi connectivity index (χ3n) is 2.98. The summed E-state index contributed by atoms with van der Waals surface area (Å²) < 4.78 is 11.6. The number of hydrogen-bond acceptors (Lipinski definition) is 3. The molecule has 3 nitrogen and oxygen atoms in total. The van der Waals surface area contributed by atoms with Crippen molar-refractivity contribution in [1.29, 1.82) is 0 Å². The minimum atomic E-state index is 0.598. The van der Waals surface area contributed by atoms with E-state index in [1.807, 2.05) is 12.1 Å². The largest absolute Gasteiger partial charge is 0.493 e. The Kier molecular flexibility index (Phi) is 8.60. The van der Waals surface area contributed by atoms with Crippen molar-refractivity contribution >= 4 is 0 Å². The molecule has 0 aliphatic heterocycles. The van der Waals surface area contributed by atoms with E-state index in [1.165, 1.54) is 11.1 Å². The molecule has 0 radical (unpaired) electrons. The van der Waals surface area contributed by atoms with Gasteiger partial charge in [-0.05, 0) is 45.4 Å². The van der Waals surface area contributed by atoms with Crippen molar-refractivity contribution in [3.63, 3.8) is 0 Å². The number of nitrogens with one attached hydrogen (secondary N) is 1. The molecule has 21 heavy (non-hydrogen) atoms. The first-order valence-corrected chi connectivity index (χ1v) is 7.90. The second-order valence-electron chi connectivity index (χ2n) is 5.39. The van der Waals surface area contributed by atoms with Crippen LogP contribution in [0.15, 0.2) is 29.8 Å². The van der Waals surface area contributed by atoms with Gasteiger partial charge in [0.2, 0.25) is 0 Å². The highest BCUT2D eigenvalue weighted by Crippen LogP contribution is 2.25. The smallest absolute Gasteiger partial charge is 0.127 e. The van der Waals surface area contributed by atoms with E-state index >= 15 is 0 Å². The predicted molar refractivity (Wildman–Crippen MR) is 89.2 cm³/mol. The zero-order valence-electron chi connectivity index (χ0n) is 13.9. The van der Waals surface area contributed by atoms with Crippen LogP contribution in [0.2, 0.25) is 0 Å². The van der Waals surface area contributed by atoms with E-state index in [4.69, 9.17) is 9.47 Å². The van der Waals surface area contributed by atoms with Crippen LogP contribution in [0.4, 0.5) is 0 Å². The van der Waals surface area contributed by atoms with Crippen LogP contribution in [0.25, 0.3) is 0 Å². The Hall–Kier alpha value is -1.48. The van der Waals surface area contributed by atoms with Gasteiger partial charge < -0.3 is 14.8 Å². The molecule has 1 rings (SSSR count). The number of hydrogen-bond donors (Lipinski definition) is 1. The first-order valence-electron chi connectivity index (χ1n) is 7.90. The lowest BCUT2D eigenvalue weighted by Gasteiger charge is -2.13. The Morgan fingerprint density at radius 1 is 1.14 bits per heavy atom. The van der Waals surface area contributed by atoms with Crippen LogP contribution in [-0.2, 0) is 6.54 Å². The van der Waals surface area contributed by atoms with Crippen LogP contribution in [0.3, 0.4) is 0 Å². The molecule has 0 aromatic heterocycles. The molecule has 0 saturated heterocycles. The fraction of sp³-hybridized carbons (Fsp3) is 0.556. The molecule has 1 N–H and O–H groups in total. The number of allylic oxidation sites excluding steroid dienone is 1. The molecule has 0 heterocycles. The fourth-order valence-corrected chi connectivity index (χ4v) is 1.82. The molecule has 0 amide bonds. The van der Waals surface area contributed by atoms with Crippen LogP contribution < -0.4 is 14.8 Å². The van der Waals surface area contributed by atoms with E-state index < -0.39 is 0 Å². The highest BCUT2D eigenvalue weighted by Gasteiger charge is 2.06. The summed E-state index contributed by atoms with van der Waals surface area (Å²) in [6.45, 7) is 11.6. The summed E-state index contributed by atoms with van der Waals surface area (Å²) in [5.74, 6) is 1.79. The van der Waals surface area contributed by atoms with Gasteiger partial charge in [-0.3, -0.25) is 0 Å². The second kappa shape index (κ2) is 10.3. The minimum absolute atomic E-state index is 0.598. The van der Waals surface area contributed by atoms with Crippen molar-refractivity contribution in [2.45, 2.75) is 47.1 Å². The standard InChI is InChI=1S/C18H29NO2/c1-5-10-19-14-16-7-8-17(20-11-6-2)13-18(16)21-12-9-15(3)4/h7-9,13,19H,5-6,10-12,14H2,1-4H3. The van der Waals surface area contributed by atoms with Crippen molar-refractivity contribution in [3.8, 4) is 11.5 Å². The second-order valence-corrected chi connectivity index (χ2v) is 5.39. The maximum atomic E-state index is 5.90. The Morgan fingerprint density at radius 2 is 1.95 bits per heavy atom. The number of ether oxygens (including phenoxy) is 2. The van der Waals surface area contributed by atoms with Crippen molar-refractivity contribution in [1.82, 2.24) is 5.32 Å². The van der Waals surface area contributed by atoms with Gasteiger partial charge in [0.1, 0.15) is 18.1 Å². The topological polar surface area (TPSA) is 30.5 Å². The van der Waals surface area contributed by atoms with Crippen molar-refractivity contribution in [2.75, 3.05) is 19.8 Å². The van der Waals surface area contributed by atoms with E-state index in [9.17, 15) is 0 Å². The van der Waals surface area contributed by atoms with Crippen LogP contribution >= 0.6 is 0 Å². The Bertz CT molecular complexity index is 437. The van der Waals surface area contributed by atoms with E-state index in [2.05, 4.69) is 45.2 Å². The Balaban J connectivity index is 2.76. The summed E-state index contributed by atoms with van der Waals surface area (Å²) in [7, 11) is 0. The molecule has 0 bridgehead atoms.